The predicted molar refractivity (Wildman–Crippen MR) is 70.9 cm³/mol. The lowest BCUT2D eigenvalue weighted by molar-refractivity contribution is -0.114. The molecule has 1 N–H and O–H groups in total. The van der Waals surface area contributed by atoms with E-state index >= 15 is 0 Å². The van der Waals surface area contributed by atoms with Crippen molar-refractivity contribution in [3.05, 3.63) is 24.3 Å². The first-order chi connectivity index (χ1) is 7.61. The van der Waals surface area contributed by atoms with Gasteiger partial charge in [-0.3, -0.25) is 4.79 Å². The van der Waals surface area contributed by atoms with Gasteiger partial charge in [-0.2, -0.15) is 0 Å². The third-order valence-electron chi connectivity index (χ3n) is 2.39. The molecule has 1 amide bonds. The highest BCUT2D eigenvalue weighted by Gasteiger charge is 2.02. The second-order valence-electron chi connectivity index (χ2n) is 4.03. The molecule has 0 heterocycles. The van der Waals surface area contributed by atoms with Gasteiger partial charge in [0.1, 0.15) is 0 Å². The number of amides is 1. The molecule has 0 radical (unpaired) electrons. The number of anilines is 1. The number of nitrogens with one attached hydrogen (secondary N) is 1. The Balaban J connectivity index is 2.56. The van der Waals surface area contributed by atoms with Gasteiger partial charge in [-0.25, -0.2) is 0 Å². The Kier molecular flexibility index (Phi) is 5.39. The van der Waals surface area contributed by atoms with Crippen LogP contribution in [0.15, 0.2) is 29.2 Å². The lowest BCUT2D eigenvalue weighted by Crippen LogP contribution is -2.05. The van der Waals surface area contributed by atoms with Crippen LogP contribution in [0.4, 0.5) is 5.69 Å². The Morgan fingerprint density at radius 2 is 2.25 bits per heavy atom. The van der Waals surface area contributed by atoms with Crippen LogP contribution in [0.25, 0.3) is 0 Å². The van der Waals surface area contributed by atoms with E-state index in [1.165, 1.54) is 18.2 Å². The molecule has 0 aliphatic rings. The molecule has 0 aliphatic carbocycles. The third kappa shape index (κ3) is 4.71. The van der Waals surface area contributed by atoms with Crippen molar-refractivity contribution in [1.82, 2.24) is 0 Å². The van der Waals surface area contributed by atoms with E-state index in [0.717, 1.165) is 17.4 Å². The molecule has 88 valence electrons. The van der Waals surface area contributed by atoms with Crippen molar-refractivity contribution in [1.29, 1.82) is 0 Å². The van der Waals surface area contributed by atoms with Crippen LogP contribution >= 0.6 is 11.8 Å². The highest BCUT2D eigenvalue weighted by atomic mass is 32.2. The lowest BCUT2D eigenvalue weighted by Gasteiger charge is -2.09. The Morgan fingerprint density at radius 3 is 2.88 bits per heavy atom. The quantitative estimate of drug-likeness (QED) is 0.790. The smallest absolute Gasteiger partial charge is 0.221 e. The van der Waals surface area contributed by atoms with Gasteiger partial charge in [0.15, 0.2) is 0 Å². The fourth-order valence-electron chi connectivity index (χ4n) is 1.22. The van der Waals surface area contributed by atoms with Crippen LogP contribution in [-0.2, 0) is 4.79 Å². The second-order valence-corrected chi connectivity index (χ2v) is 5.13. The molecule has 1 unspecified atom stereocenters. The van der Waals surface area contributed by atoms with Gasteiger partial charge in [0.2, 0.25) is 5.91 Å². The van der Waals surface area contributed by atoms with E-state index in [2.05, 4.69) is 25.2 Å². The van der Waals surface area contributed by atoms with Gasteiger partial charge < -0.3 is 5.32 Å². The topological polar surface area (TPSA) is 29.1 Å². The molecule has 1 aromatic rings. The summed E-state index contributed by atoms with van der Waals surface area (Å²) in [4.78, 5) is 12.1. The third-order valence-corrected chi connectivity index (χ3v) is 3.71. The van der Waals surface area contributed by atoms with E-state index in [1.54, 1.807) is 0 Å². The number of carbonyl (C=O) groups is 1. The van der Waals surface area contributed by atoms with Crippen molar-refractivity contribution >= 4 is 23.4 Å². The largest absolute Gasteiger partial charge is 0.326 e. The summed E-state index contributed by atoms with van der Waals surface area (Å²) in [6, 6.07) is 7.99. The molecular formula is C13H19NOS. The van der Waals surface area contributed by atoms with E-state index in [1.807, 2.05) is 30.0 Å². The summed E-state index contributed by atoms with van der Waals surface area (Å²) in [6.45, 7) is 5.99. The van der Waals surface area contributed by atoms with Crippen LogP contribution in [0.3, 0.4) is 0 Å². The minimum atomic E-state index is -0.0240. The van der Waals surface area contributed by atoms with Crippen LogP contribution in [0.2, 0.25) is 0 Å². The number of benzene rings is 1. The first kappa shape index (κ1) is 13.1. The lowest BCUT2D eigenvalue weighted by atomic mass is 10.2. The van der Waals surface area contributed by atoms with Crippen LogP contribution in [0.1, 0.15) is 27.2 Å². The molecule has 3 heteroatoms. The van der Waals surface area contributed by atoms with Gasteiger partial charge in [-0.1, -0.05) is 26.3 Å². The standard InChI is InChI=1S/C13H19NOS/c1-4-10(2)9-16-13-7-5-6-12(8-13)14-11(3)15/h5-8,10H,4,9H2,1-3H3,(H,14,15). The zero-order chi connectivity index (χ0) is 12.0. The summed E-state index contributed by atoms with van der Waals surface area (Å²) in [5.41, 5.74) is 0.877. The minimum Gasteiger partial charge on any atom is -0.326 e. The van der Waals surface area contributed by atoms with E-state index in [0.29, 0.717) is 0 Å². The highest BCUT2D eigenvalue weighted by Crippen LogP contribution is 2.24. The van der Waals surface area contributed by atoms with E-state index < -0.39 is 0 Å². The normalized spacial score (nSPS) is 12.2. The van der Waals surface area contributed by atoms with E-state index in [-0.39, 0.29) is 5.91 Å². The molecule has 16 heavy (non-hydrogen) atoms. The summed E-state index contributed by atoms with van der Waals surface area (Å²) < 4.78 is 0. The molecule has 1 rings (SSSR count). The zero-order valence-electron chi connectivity index (χ0n) is 10.1. The molecular weight excluding hydrogens is 218 g/mol. The van der Waals surface area contributed by atoms with Crippen LogP contribution in [0, 0.1) is 5.92 Å². The first-order valence-electron chi connectivity index (χ1n) is 5.62. The minimum absolute atomic E-state index is 0.0240. The van der Waals surface area contributed by atoms with Gasteiger partial charge >= 0.3 is 0 Å². The molecule has 0 bridgehead atoms. The number of thioether (sulfide) groups is 1. The maximum absolute atomic E-state index is 10.9. The summed E-state index contributed by atoms with van der Waals surface area (Å²) >= 11 is 1.84. The molecule has 2 nitrogen and oxygen atoms in total. The van der Waals surface area contributed by atoms with Crippen LogP contribution < -0.4 is 5.32 Å². The molecule has 1 aromatic carbocycles. The Bertz CT molecular complexity index is 352. The second kappa shape index (κ2) is 6.59. The Morgan fingerprint density at radius 1 is 1.50 bits per heavy atom. The Labute approximate surface area is 102 Å². The number of rotatable bonds is 5. The number of carbonyl (C=O) groups excluding carboxylic acids is 1. The van der Waals surface area contributed by atoms with Gasteiger partial charge in [0, 0.05) is 23.3 Å². The maximum Gasteiger partial charge on any atom is 0.221 e. The van der Waals surface area contributed by atoms with Gasteiger partial charge in [0.25, 0.3) is 0 Å². The molecule has 0 aliphatic heterocycles. The van der Waals surface area contributed by atoms with Gasteiger partial charge in [-0.15, -0.1) is 11.8 Å². The number of hydrogen-bond donors (Lipinski definition) is 1. The predicted octanol–water partition coefficient (Wildman–Crippen LogP) is 3.78. The van der Waals surface area contributed by atoms with Gasteiger partial charge in [0.05, 0.1) is 0 Å². The van der Waals surface area contributed by atoms with Crippen LogP contribution in [-0.4, -0.2) is 11.7 Å². The van der Waals surface area contributed by atoms with E-state index in [9.17, 15) is 4.79 Å². The molecule has 0 aromatic heterocycles. The molecule has 0 saturated heterocycles. The van der Waals surface area contributed by atoms with Crippen LogP contribution in [0.5, 0.6) is 0 Å². The fraction of sp³-hybridized carbons (Fsp3) is 0.462. The summed E-state index contributed by atoms with van der Waals surface area (Å²) in [7, 11) is 0. The molecule has 0 saturated carbocycles. The van der Waals surface area contributed by atoms with E-state index in [4.69, 9.17) is 0 Å². The average Bonchev–Trinajstić information content (AvgIpc) is 2.25. The maximum atomic E-state index is 10.9. The van der Waals surface area contributed by atoms with Crippen molar-refractivity contribution in [2.45, 2.75) is 32.1 Å². The first-order valence-corrected chi connectivity index (χ1v) is 6.60. The summed E-state index contributed by atoms with van der Waals surface area (Å²) in [6.07, 6.45) is 1.21. The van der Waals surface area contributed by atoms with Crippen molar-refractivity contribution < 1.29 is 4.79 Å². The zero-order valence-corrected chi connectivity index (χ0v) is 10.9. The van der Waals surface area contributed by atoms with Crippen molar-refractivity contribution in [3.63, 3.8) is 0 Å². The molecule has 0 spiro atoms. The van der Waals surface area contributed by atoms with Crippen molar-refractivity contribution in [2.24, 2.45) is 5.92 Å². The van der Waals surface area contributed by atoms with Gasteiger partial charge in [-0.05, 0) is 24.1 Å². The average molecular weight is 237 g/mol. The SMILES string of the molecule is CCC(C)CSc1cccc(NC(C)=O)c1. The molecule has 1 atom stereocenters. The summed E-state index contributed by atoms with van der Waals surface area (Å²) in [5.74, 6) is 1.83. The number of hydrogen-bond acceptors (Lipinski definition) is 2. The summed E-state index contributed by atoms with van der Waals surface area (Å²) in [5, 5.41) is 2.79. The fourth-order valence-corrected chi connectivity index (χ4v) is 2.32. The van der Waals surface area contributed by atoms with Crippen molar-refractivity contribution in [3.8, 4) is 0 Å². The highest BCUT2D eigenvalue weighted by molar-refractivity contribution is 7.99. The van der Waals surface area contributed by atoms with Crippen molar-refractivity contribution in [2.75, 3.05) is 11.1 Å². The molecule has 0 fully saturated rings. The monoisotopic (exact) mass is 237 g/mol. The Hall–Kier alpha value is -0.960.